The first-order chi connectivity index (χ1) is 13.2. The molecule has 0 spiro atoms. The van der Waals surface area contributed by atoms with Crippen molar-refractivity contribution in [2.45, 2.75) is 33.9 Å². The zero-order valence-corrected chi connectivity index (χ0v) is 17.8. The van der Waals surface area contributed by atoms with E-state index in [0.29, 0.717) is 0 Å². The second kappa shape index (κ2) is 8.67. The van der Waals surface area contributed by atoms with Crippen molar-refractivity contribution in [2.75, 3.05) is 0 Å². The van der Waals surface area contributed by atoms with Gasteiger partial charge in [0, 0.05) is 22.4 Å². The summed E-state index contributed by atoms with van der Waals surface area (Å²) in [4.78, 5) is 1.24. The predicted octanol–water partition coefficient (Wildman–Crippen LogP) is 3.42. The Morgan fingerprint density at radius 3 is 2.39 bits per heavy atom. The number of hydrogen-bond donors (Lipinski definition) is 0. The Bertz CT molecular complexity index is 1110. The van der Waals surface area contributed by atoms with Crippen LogP contribution in [0.1, 0.15) is 18.7 Å². The first-order valence-corrected chi connectivity index (χ1v) is 10.1. The number of thiazole rings is 1. The van der Waals surface area contributed by atoms with Crippen LogP contribution in [-0.4, -0.2) is 4.57 Å². The van der Waals surface area contributed by atoms with Crippen molar-refractivity contribution in [3.63, 3.8) is 0 Å². The van der Waals surface area contributed by atoms with Crippen LogP contribution < -0.4 is 17.0 Å². The van der Waals surface area contributed by atoms with Crippen LogP contribution in [0.2, 0.25) is 0 Å². The molecular weight excluding hydrogens is 388 g/mol. The first-order valence-electron chi connectivity index (χ1n) is 9.31. The Balaban J connectivity index is 0.00000225. The molecule has 0 saturated heterocycles. The number of halogens is 1. The quantitative estimate of drug-likeness (QED) is 0.357. The third-order valence-corrected chi connectivity index (χ3v) is 5.65. The fourth-order valence-corrected chi connectivity index (χ4v) is 4.35. The highest BCUT2D eigenvalue weighted by molar-refractivity contribution is 7.14. The maximum Gasteiger partial charge on any atom is 0.408 e. The van der Waals surface area contributed by atoms with Gasteiger partial charge in [-0.1, -0.05) is 48.5 Å². The van der Waals surface area contributed by atoms with Gasteiger partial charge in [-0.25, -0.2) is 4.57 Å². The molecule has 0 bridgehead atoms. The second-order valence-electron chi connectivity index (χ2n) is 6.44. The Hall–Kier alpha value is -2.50. The van der Waals surface area contributed by atoms with Crippen LogP contribution in [0.5, 0.6) is 0 Å². The Labute approximate surface area is 175 Å². The molecule has 2 heterocycles. The van der Waals surface area contributed by atoms with Gasteiger partial charge < -0.3 is 17.0 Å². The molecule has 28 heavy (non-hydrogen) atoms. The number of aryl methyl sites for hydroxylation is 3. The topological polar surface area (TPSA) is 33.5 Å². The maximum absolute atomic E-state index is 4.77. The molecule has 0 saturated carbocycles. The monoisotopic (exact) mass is 410 g/mol. The number of rotatable bonds is 5. The largest absolute Gasteiger partial charge is 1.00 e. The molecular formula is C22H23ClN4S. The zero-order valence-electron chi connectivity index (χ0n) is 16.3. The van der Waals surface area contributed by atoms with E-state index >= 15 is 0 Å². The van der Waals surface area contributed by atoms with Crippen molar-refractivity contribution in [1.29, 1.82) is 0 Å². The maximum atomic E-state index is 4.77. The SMILES string of the molecule is CCn1c(-c2ccccc2)c(N=Nc2sc(C)c[n+]2CC)c2ccccc21.[Cl-]. The Morgan fingerprint density at radius 2 is 1.68 bits per heavy atom. The molecule has 144 valence electrons. The fraction of sp³-hybridized carbons (Fsp3) is 0.227. The van der Waals surface area contributed by atoms with Crippen molar-refractivity contribution in [2.24, 2.45) is 10.2 Å². The molecule has 2 aromatic carbocycles. The smallest absolute Gasteiger partial charge is 0.408 e. The molecule has 0 fully saturated rings. The summed E-state index contributed by atoms with van der Waals surface area (Å²) >= 11 is 1.67. The van der Waals surface area contributed by atoms with Gasteiger partial charge >= 0.3 is 5.13 Å². The van der Waals surface area contributed by atoms with Gasteiger partial charge in [-0.3, -0.25) is 0 Å². The molecule has 4 aromatic rings. The molecule has 2 aromatic heterocycles. The molecule has 4 rings (SSSR count). The lowest BCUT2D eigenvalue weighted by Gasteiger charge is -2.08. The fourth-order valence-electron chi connectivity index (χ4n) is 3.50. The number of azo groups is 1. The zero-order chi connectivity index (χ0) is 18.8. The summed E-state index contributed by atoms with van der Waals surface area (Å²) in [6.07, 6.45) is 2.13. The summed E-state index contributed by atoms with van der Waals surface area (Å²) in [6.45, 7) is 8.18. The number of benzene rings is 2. The van der Waals surface area contributed by atoms with Gasteiger partial charge in [0.15, 0.2) is 0 Å². The standard InChI is InChI=1S/C22H23N4S.ClH/c1-4-25-15-16(3)27-22(25)24-23-20-18-13-9-10-14-19(18)26(5-2)21(20)17-11-7-6-8-12-17;/h6-15H,4-5H2,1-3H3;1H/q+1;/p-1. The van der Waals surface area contributed by atoms with E-state index in [1.807, 2.05) is 6.07 Å². The molecule has 0 aliphatic carbocycles. The lowest BCUT2D eigenvalue weighted by atomic mass is 10.1. The van der Waals surface area contributed by atoms with Gasteiger partial charge in [0.2, 0.25) is 0 Å². The van der Waals surface area contributed by atoms with Crippen LogP contribution >= 0.6 is 11.3 Å². The van der Waals surface area contributed by atoms with Crippen LogP contribution in [0.25, 0.3) is 22.2 Å². The van der Waals surface area contributed by atoms with E-state index in [1.165, 1.54) is 10.4 Å². The van der Waals surface area contributed by atoms with Gasteiger partial charge in [0.1, 0.15) is 11.9 Å². The van der Waals surface area contributed by atoms with E-state index in [2.05, 4.69) is 89.7 Å². The van der Waals surface area contributed by atoms with E-state index in [1.54, 1.807) is 11.3 Å². The summed E-state index contributed by atoms with van der Waals surface area (Å²) in [7, 11) is 0. The molecule has 0 atom stereocenters. The van der Waals surface area contributed by atoms with E-state index in [-0.39, 0.29) is 12.4 Å². The molecule has 6 heteroatoms. The van der Waals surface area contributed by atoms with E-state index in [4.69, 9.17) is 5.11 Å². The average Bonchev–Trinajstić information content (AvgIpc) is 3.23. The van der Waals surface area contributed by atoms with Crippen molar-refractivity contribution < 1.29 is 17.0 Å². The number of fused-ring (bicyclic) bond motifs is 1. The van der Waals surface area contributed by atoms with Crippen LogP contribution in [0.15, 0.2) is 71.0 Å². The van der Waals surface area contributed by atoms with Crippen molar-refractivity contribution in [1.82, 2.24) is 4.57 Å². The summed E-state index contributed by atoms with van der Waals surface area (Å²) in [6, 6.07) is 18.9. The molecule has 4 nitrogen and oxygen atoms in total. The molecule has 0 aliphatic heterocycles. The number of nitrogens with zero attached hydrogens (tertiary/aromatic N) is 4. The van der Waals surface area contributed by atoms with Crippen molar-refractivity contribution in [3.8, 4) is 11.3 Å². The third-order valence-electron chi connectivity index (χ3n) is 4.72. The minimum Gasteiger partial charge on any atom is -1.00 e. The van der Waals surface area contributed by atoms with Gasteiger partial charge in [-0.05, 0) is 43.3 Å². The molecule has 0 aliphatic rings. The van der Waals surface area contributed by atoms with Crippen LogP contribution in [0, 0.1) is 6.92 Å². The number of aromatic nitrogens is 2. The molecule has 0 amide bonds. The predicted molar refractivity (Wildman–Crippen MR) is 112 cm³/mol. The minimum absolute atomic E-state index is 0. The van der Waals surface area contributed by atoms with E-state index in [0.717, 1.165) is 40.6 Å². The van der Waals surface area contributed by atoms with Crippen LogP contribution in [-0.2, 0) is 13.1 Å². The molecule has 0 N–H and O–H groups in total. The first kappa shape index (κ1) is 20.2. The van der Waals surface area contributed by atoms with E-state index in [9.17, 15) is 0 Å². The third kappa shape index (κ3) is 3.60. The van der Waals surface area contributed by atoms with Gasteiger partial charge in [-0.15, -0.1) is 0 Å². The Morgan fingerprint density at radius 1 is 0.964 bits per heavy atom. The number of hydrogen-bond acceptors (Lipinski definition) is 3. The van der Waals surface area contributed by atoms with Crippen LogP contribution in [0.4, 0.5) is 10.8 Å². The highest BCUT2D eigenvalue weighted by Crippen LogP contribution is 2.41. The summed E-state index contributed by atoms with van der Waals surface area (Å²) in [5.41, 5.74) is 4.42. The normalized spacial score (nSPS) is 11.2. The van der Waals surface area contributed by atoms with Crippen molar-refractivity contribution >= 4 is 33.1 Å². The summed E-state index contributed by atoms with van der Waals surface area (Å²) < 4.78 is 4.47. The van der Waals surface area contributed by atoms with Crippen molar-refractivity contribution in [3.05, 3.63) is 65.7 Å². The average molecular weight is 411 g/mol. The lowest BCUT2D eigenvalue weighted by molar-refractivity contribution is -0.677. The molecule has 0 unspecified atom stereocenters. The summed E-state index contributed by atoms with van der Waals surface area (Å²) in [5, 5.41) is 11.5. The Kier molecular flexibility index (Phi) is 6.27. The second-order valence-corrected chi connectivity index (χ2v) is 7.65. The van der Waals surface area contributed by atoms with Gasteiger partial charge in [0.05, 0.1) is 22.9 Å². The van der Waals surface area contributed by atoms with Crippen LogP contribution in [0.3, 0.4) is 0 Å². The highest BCUT2D eigenvalue weighted by Gasteiger charge is 2.20. The van der Waals surface area contributed by atoms with Gasteiger partial charge in [0.25, 0.3) is 0 Å². The summed E-state index contributed by atoms with van der Waals surface area (Å²) in [5.74, 6) is 0. The van der Waals surface area contributed by atoms with Gasteiger partial charge in [-0.2, -0.15) is 0 Å². The molecule has 0 radical (unpaired) electrons. The highest BCUT2D eigenvalue weighted by atomic mass is 35.5. The van der Waals surface area contributed by atoms with E-state index < -0.39 is 0 Å². The number of para-hydroxylation sites is 1. The minimum atomic E-state index is 0. The lowest BCUT2D eigenvalue weighted by Crippen LogP contribution is -3.00.